The fourth-order valence-electron chi connectivity index (χ4n) is 2.59. The summed E-state index contributed by atoms with van der Waals surface area (Å²) in [6.45, 7) is 1.82. The minimum absolute atomic E-state index is 0.261. The minimum atomic E-state index is -0.539. The van der Waals surface area contributed by atoms with Gasteiger partial charge in [-0.3, -0.25) is 0 Å². The lowest BCUT2D eigenvalue weighted by molar-refractivity contribution is 0.0739. The maximum absolute atomic E-state index is 13.5. The number of rotatable bonds is 3. The SMILES string of the molecule is Cc1nn(-c2cccc(F)c2)c2sc(C(=O)Oc3ccc(F)cc3)cc12. The van der Waals surface area contributed by atoms with Crippen molar-refractivity contribution < 1.29 is 18.3 Å². The molecule has 130 valence electrons. The molecule has 2 aromatic carbocycles. The molecule has 4 nitrogen and oxygen atoms in total. The van der Waals surface area contributed by atoms with E-state index in [1.165, 1.54) is 47.7 Å². The van der Waals surface area contributed by atoms with Gasteiger partial charge in [-0.05, 0) is 55.5 Å². The maximum atomic E-state index is 13.5. The van der Waals surface area contributed by atoms with Gasteiger partial charge in [0.05, 0.1) is 11.4 Å². The Morgan fingerprint density at radius 2 is 1.85 bits per heavy atom. The van der Waals surface area contributed by atoms with E-state index in [1.54, 1.807) is 22.9 Å². The minimum Gasteiger partial charge on any atom is -0.422 e. The van der Waals surface area contributed by atoms with Crippen molar-refractivity contribution >= 4 is 27.5 Å². The van der Waals surface area contributed by atoms with Gasteiger partial charge in [-0.1, -0.05) is 6.07 Å². The molecule has 0 saturated heterocycles. The Hall–Kier alpha value is -3.06. The molecule has 0 aliphatic rings. The summed E-state index contributed by atoms with van der Waals surface area (Å²) >= 11 is 1.21. The predicted octanol–water partition coefficient (Wildman–Crippen LogP) is 4.89. The van der Waals surface area contributed by atoms with Crippen LogP contribution in [0.2, 0.25) is 0 Å². The number of nitrogens with zero attached hydrogens (tertiary/aromatic N) is 2. The molecule has 2 aromatic heterocycles. The molecular weight excluding hydrogens is 358 g/mol. The summed E-state index contributed by atoms with van der Waals surface area (Å²) < 4.78 is 33.4. The zero-order valence-corrected chi connectivity index (χ0v) is 14.4. The van der Waals surface area contributed by atoms with Crippen LogP contribution in [0.4, 0.5) is 8.78 Å². The molecule has 4 aromatic rings. The average Bonchev–Trinajstić information content (AvgIpc) is 3.18. The summed E-state index contributed by atoms with van der Waals surface area (Å²) in [6, 6.07) is 13.0. The van der Waals surface area contributed by atoms with E-state index in [0.29, 0.717) is 10.6 Å². The molecule has 0 saturated carbocycles. The molecule has 0 aliphatic heterocycles. The number of hydrogen-bond donors (Lipinski definition) is 0. The van der Waals surface area contributed by atoms with Gasteiger partial charge in [0, 0.05) is 5.39 Å². The summed E-state index contributed by atoms with van der Waals surface area (Å²) in [4.78, 5) is 13.5. The molecule has 7 heteroatoms. The number of esters is 1. The van der Waals surface area contributed by atoms with E-state index in [0.717, 1.165) is 15.9 Å². The van der Waals surface area contributed by atoms with Gasteiger partial charge < -0.3 is 4.74 Å². The van der Waals surface area contributed by atoms with Gasteiger partial charge in [-0.2, -0.15) is 5.10 Å². The van der Waals surface area contributed by atoms with Gasteiger partial charge >= 0.3 is 5.97 Å². The van der Waals surface area contributed by atoms with Crippen LogP contribution in [0.5, 0.6) is 5.75 Å². The summed E-state index contributed by atoms with van der Waals surface area (Å²) in [6.07, 6.45) is 0. The topological polar surface area (TPSA) is 44.1 Å². The third kappa shape index (κ3) is 2.97. The number of aryl methyl sites for hydroxylation is 1. The standard InChI is InChI=1S/C19H12F2N2O2S/c1-11-16-10-17(19(24)25-15-7-5-12(20)6-8-15)26-18(16)23(22-11)14-4-2-3-13(21)9-14/h2-10H,1H3. The zero-order chi connectivity index (χ0) is 18.3. The van der Waals surface area contributed by atoms with Crippen LogP contribution in [0.1, 0.15) is 15.4 Å². The Bertz CT molecular complexity index is 1120. The normalized spacial score (nSPS) is 11.0. The third-order valence-corrected chi connectivity index (χ3v) is 4.91. The highest BCUT2D eigenvalue weighted by molar-refractivity contribution is 7.20. The Kier molecular flexibility index (Phi) is 4.00. The van der Waals surface area contributed by atoms with Crippen molar-refractivity contribution in [2.45, 2.75) is 6.92 Å². The van der Waals surface area contributed by atoms with Crippen LogP contribution in [0.15, 0.2) is 54.6 Å². The van der Waals surface area contributed by atoms with E-state index >= 15 is 0 Å². The Morgan fingerprint density at radius 3 is 2.58 bits per heavy atom. The second kappa shape index (κ2) is 6.34. The van der Waals surface area contributed by atoms with Crippen LogP contribution >= 0.6 is 11.3 Å². The van der Waals surface area contributed by atoms with Crippen molar-refractivity contribution in [3.8, 4) is 11.4 Å². The monoisotopic (exact) mass is 370 g/mol. The summed E-state index contributed by atoms with van der Waals surface area (Å²) in [5.74, 6) is -1.05. The highest BCUT2D eigenvalue weighted by Crippen LogP contribution is 2.31. The average molecular weight is 370 g/mol. The smallest absolute Gasteiger partial charge is 0.353 e. The van der Waals surface area contributed by atoms with Crippen molar-refractivity contribution in [1.29, 1.82) is 0 Å². The fourth-order valence-corrected chi connectivity index (χ4v) is 3.65. The molecule has 0 amide bonds. The molecule has 2 heterocycles. The Morgan fingerprint density at radius 1 is 1.08 bits per heavy atom. The number of carbonyl (C=O) groups is 1. The summed E-state index contributed by atoms with van der Waals surface area (Å²) in [7, 11) is 0. The molecule has 0 aliphatic carbocycles. The first-order valence-electron chi connectivity index (χ1n) is 7.74. The summed E-state index contributed by atoms with van der Waals surface area (Å²) in [5, 5.41) is 5.22. The first-order chi connectivity index (χ1) is 12.5. The van der Waals surface area contributed by atoms with Gasteiger partial charge in [0.2, 0.25) is 0 Å². The number of halogens is 2. The Labute approximate surface area is 151 Å². The maximum Gasteiger partial charge on any atom is 0.353 e. The van der Waals surface area contributed by atoms with Crippen molar-refractivity contribution in [2.24, 2.45) is 0 Å². The van der Waals surface area contributed by atoms with Crippen LogP contribution in [0.3, 0.4) is 0 Å². The molecule has 4 rings (SSSR count). The van der Waals surface area contributed by atoms with Crippen LogP contribution in [-0.2, 0) is 0 Å². The quantitative estimate of drug-likeness (QED) is 0.381. The van der Waals surface area contributed by atoms with E-state index < -0.39 is 11.8 Å². The van der Waals surface area contributed by atoms with Gasteiger partial charge in [0.15, 0.2) is 0 Å². The van der Waals surface area contributed by atoms with Crippen LogP contribution < -0.4 is 4.74 Å². The van der Waals surface area contributed by atoms with Gasteiger partial charge in [0.25, 0.3) is 0 Å². The first-order valence-corrected chi connectivity index (χ1v) is 8.56. The second-order valence-corrected chi connectivity index (χ2v) is 6.68. The van der Waals surface area contributed by atoms with E-state index in [9.17, 15) is 13.6 Å². The van der Waals surface area contributed by atoms with Crippen molar-refractivity contribution in [3.05, 3.63) is 76.8 Å². The van der Waals surface area contributed by atoms with Crippen molar-refractivity contribution in [2.75, 3.05) is 0 Å². The number of benzene rings is 2. The van der Waals surface area contributed by atoms with Crippen molar-refractivity contribution in [3.63, 3.8) is 0 Å². The largest absolute Gasteiger partial charge is 0.422 e. The first kappa shape index (κ1) is 16.4. The molecule has 0 bridgehead atoms. The Balaban J connectivity index is 1.70. The molecule has 0 N–H and O–H groups in total. The zero-order valence-electron chi connectivity index (χ0n) is 13.6. The van der Waals surface area contributed by atoms with Crippen LogP contribution in [0, 0.1) is 18.6 Å². The second-order valence-electron chi connectivity index (χ2n) is 5.65. The molecule has 0 radical (unpaired) electrons. The van der Waals surface area contributed by atoms with Gasteiger partial charge in [-0.15, -0.1) is 11.3 Å². The van der Waals surface area contributed by atoms with Crippen molar-refractivity contribution in [1.82, 2.24) is 9.78 Å². The van der Waals surface area contributed by atoms with E-state index in [2.05, 4.69) is 5.10 Å². The number of fused-ring (bicyclic) bond motifs is 1. The molecule has 26 heavy (non-hydrogen) atoms. The number of ether oxygens (including phenoxy) is 1. The van der Waals surface area contributed by atoms with E-state index in [-0.39, 0.29) is 11.6 Å². The fraction of sp³-hybridized carbons (Fsp3) is 0.0526. The van der Waals surface area contributed by atoms with E-state index in [1.807, 2.05) is 6.92 Å². The number of aromatic nitrogens is 2. The molecule has 0 atom stereocenters. The van der Waals surface area contributed by atoms with Crippen LogP contribution in [0.25, 0.3) is 15.9 Å². The number of hydrogen-bond acceptors (Lipinski definition) is 4. The lowest BCUT2D eigenvalue weighted by Crippen LogP contribution is -2.06. The predicted molar refractivity (Wildman–Crippen MR) is 95.0 cm³/mol. The third-order valence-electron chi connectivity index (χ3n) is 3.82. The van der Waals surface area contributed by atoms with Gasteiger partial charge in [0.1, 0.15) is 27.1 Å². The summed E-state index contributed by atoms with van der Waals surface area (Å²) in [5.41, 5.74) is 1.30. The highest BCUT2D eigenvalue weighted by atomic mass is 32.1. The lowest BCUT2D eigenvalue weighted by atomic mass is 10.3. The molecule has 0 spiro atoms. The van der Waals surface area contributed by atoms with Gasteiger partial charge in [-0.25, -0.2) is 18.3 Å². The molecule has 0 fully saturated rings. The lowest BCUT2D eigenvalue weighted by Gasteiger charge is -2.03. The molecular formula is C19H12F2N2O2S. The van der Waals surface area contributed by atoms with Crippen LogP contribution in [-0.4, -0.2) is 15.7 Å². The highest BCUT2D eigenvalue weighted by Gasteiger charge is 2.18. The number of thiophene rings is 1. The number of carbonyl (C=O) groups excluding carboxylic acids is 1. The van der Waals surface area contributed by atoms with E-state index in [4.69, 9.17) is 4.74 Å². The molecule has 0 unspecified atom stereocenters.